The van der Waals surface area contributed by atoms with E-state index in [0.717, 1.165) is 5.25 Å². The van der Waals surface area contributed by atoms with Gasteiger partial charge >= 0.3 is 0 Å². The Kier molecular flexibility index (Phi) is 1.74. The molecule has 7 heavy (non-hydrogen) atoms. The van der Waals surface area contributed by atoms with Crippen molar-refractivity contribution in [1.29, 1.82) is 0 Å². The Balaban J connectivity index is 1.88. The Morgan fingerprint density at radius 3 is 2.86 bits per heavy atom. The van der Waals surface area contributed by atoms with Gasteiger partial charge in [0.25, 0.3) is 0 Å². The van der Waals surface area contributed by atoms with Gasteiger partial charge in [0.05, 0.1) is 5.75 Å². The van der Waals surface area contributed by atoms with Crippen LogP contribution in [0.4, 0.5) is 0 Å². The van der Waals surface area contributed by atoms with Gasteiger partial charge in [-0.05, 0) is 12.8 Å². The molecule has 0 aliphatic heterocycles. The van der Waals surface area contributed by atoms with E-state index in [1.165, 1.54) is 12.8 Å². The van der Waals surface area contributed by atoms with Crippen LogP contribution in [0.3, 0.4) is 0 Å². The van der Waals surface area contributed by atoms with Crippen LogP contribution in [0.5, 0.6) is 0 Å². The zero-order valence-electron chi connectivity index (χ0n) is 4.02. The summed E-state index contributed by atoms with van der Waals surface area (Å²) in [6.45, 7) is 0. The molecule has 0 spiro atoms. The Morgan fingerprint density at radius 2 is 2.43 bits per heavy atom. The van der Waals surface area contributed by atoms with E-state index in [4.69, 9.17) is 0 Å². The Hall–Kier alpha value is 0.0200. The van der Waals surface area contributed by atoms with Crippen molar-refractivity contribution in [2.45, 2.75) is 18.1 Å². The number of thioether (sulfide) groups is 1. The molecule has 0 unspecified atom stereocenters. The predicted octanol–water partition coefficient (Wildman–Crippen LogP) is 0.992. The lowest BCUT2D eigenvalue weighted by atomic mass is 10.9. The van der Waals surface area contributed by atoms with E-state index in [2.05, 4.69) is 0 Å². The van der Waals surface area contributed by atoms with Crippen LogP contribution in [0, 0.1) is 0 Å². The first-order valence-electron chi connectivity index (χ1n) is 2.40. The molecule has 0 aromatic carbocycles. The van der Waals surface area contributed by atoms with E-state index < -0.39 is 0 Å². The summed E-state index contributed by atoms with van der Waals surface area (Å²) in [5.74, 6) is 0.574. The smallest absolute Gasteiger partial charge is 0.209 e. The summed E-state index contributed by atoms with van der Waals surface area (Å²) in [5, 5.41) is 0.807. The summed E-state index contributed by atoms with van der Waals surface area (Å²) in [6, 6.07) is 0. The number of hydrogen-bond acceptors (Lipinski definition) is 2. The second-order valence-corrected chi connectivity index (χ2v) is 2.94. The maximum absolute atomic E-state index is 9.59. The SMILES string of the molecule is O=[C]CSC1CC1. The highest BCUT2D eigenvalue weighted by molar-refractivity contribution is 8.00. The maximum Gasteiger partial charge on any atom is 0.209 e. The number of carbonyl (C=O) groups excluding carboxylic acids is 1. The van der Waals surface area contributed by atoms with Crippen LogP contribution in [0.2, 0.25) is 0 Å². The van der Waals surface area contributed by atoms with E-state index in [0.29, 0.717) is 5.75 Å². The molecule has 1 rings (SSSR count). The molecule has 0 atom stereocenters. The summed E-state index contributed by atoms with van der Waals surface area (Å²) in [5.41, 5.74) is 0. The second kappa shape index (κ2) is 2.36. The zero-order valence-corrected chi connectivity index (χ0v) is 4.83. The fourth-order valence-corrected chi connectivity index (χ4v) is 1.16. The van der Waals surface area contributed by atoms with Crippen LogP contribution < -0.4 is 0 Å². The van der Waals surface area contributed by atoms with Gasteiger partial charge in [-0.15, -0.1) is 0 Å². The molecule has 0 bridgehead atoms. The van der Waals surface area contributed by atoms with Gasteiger partial charge in [0, 0.05) is 5.25 Å². The molecule has 0 heterocycles. The molecule has 1 fully saturated rings. The Labute approximate surface area is 47.5 Å². The summed E-state index contributed by atoms with van der Waals surface area (Å²) in [6.07, 6.45) is 4.48. The van der Waals surface area contributed by atoms with Gasteiger partial charge in [0.15, 0.2) is 0 Å². The van der Waals surface area contributed by atoms with Crippen LogP contribution >= 0.6 is 11.8 Å². The molecule has 1 radical (unpaired) electrons. The van der Waals surface area contributed by atoms with Gasteiger partial charge in [-0.2, -0.15) is 11.8 Å². The topological polar surface area (TPSA) is 17.1 Å². The Bertz CT molecular complexity index is 68.5. The first kappa shape index (κ1) is 5.16. The number of rotatable bonds is 3. The number of hydrogen-bond donors (Lipinski definition) is 0. The largest absolute Gasteiger partial charge is 0.290 e. The van der Waals surface area contributed by atoms with Gasteiger partial charge in [-0.3, -0.25) is 4.79 Å². The van der Waals surface area contributed by atoms with Gasteiger partial charge in [-0.25, -0.2) is 0 Å². The molecule has 0 amide bonds. The van der Waals surface area contributed by atoms with Gasteiger partial charge in [0.2, 0.25) is 6.29 Å². The molecule has 1 aliphatic rings. The first-order chi connectivity index (χ1) is 3.43. The standard InChI is InChI=1S/C5H7OS/c6-3-4-7-5-1-2-5/h5H,1-2,4H2. The van der Waals surface area contributed by atoms with Gasteiger partial charge in [-0.1, -0.05) is 0 Å². The highest BCUT2D eigenvalue weighted by Crippen LogP contribution is 2.33. The summed E-state index contributed by atoms with van der Waals surface area (Å²) < 4.78 is 0. The minimum absolute atomic E-state index is 0.574. The quantitative estimate of drug-likeness (QED) is 0.545. The normalized spacial score (nSPS) is 19.4. The molecule has 0 aromatic rings. The molecular weight excluding hydrogens is 108 g/mol. The van der Waals surface area contributed by atoms with Crippen molar-refractivity contribution < 1.29 is 4.79 Å². The highest BCUT2D eigenvalue weighted by atomic mass is 32.2. The van der Waals surface area contributed by atoms with Crippen LogP contribution in [0.25, 0.3) is 0 Å². The van der Waals surface area contributed by atoms with E-state index in [1.54, 1.807) is 11.8 Å². The third-order valence-corrected chi connectivity index (χ3v) is 2.13. The molecular formula is C5H7OS. The highest BCUT2D eigenvalue weighted by Gasteiger charge is 2.20. The van der Waals surface area contributed by atoms with E-state index in [9.17, 15) is 4.79 Å². The Morgan fingerprint density at radius 1 is 1.71 bits per heavy atom. The van der Waals surface area contributed by atoms with Crippen molar-refractivity contribution in [3.8, 4) is 0 Å². The van der Waals surface area contributed by atoms with Crippen LogP contribution in [0.15, 0.2) is 0 Å². The average Bonchev–Trinajstić information content (AvgIpc) is 2.42. The van der Waals surface area contributed by atoms with Crippen molar-refractivity contribution in [3.05, 3.63) is 0 Å². The fourth-order valence-electron chi connectivity index (χ4n) is 0.387. The fraction of sp³-hybridized carbons (Fsp3) is 0.800. The van der Waals surface area contributed by atoms with Crippen LogP contribution in [-0.4, -0.2) is 17.3 Å². The third kappa shape index (κ3) is 1.97. The van der Waals surface area contributed by atoms with Crippen LogP contribution in [0.1, 0.15) is 12.8 Å². The second-order valence-electron chi connectivity index (χ2n) is 1.65. The summed E-state index contributed by atoms with van der Waals surface area (Å²) >= 11 is 1.72. The van der Waals surface area contributed by atoms with E-state index in [1.807, 2.05) is 6.29 Å². The molecule has 0 saturated heterocycles. The summed E-state index contributed by atoms with van der Waals surface area (Å²) in [4.78, 5) is 9.59. The van der Waals surface area contributed by atoms with Gasteiger partial charge < -0.3 is 0 Å². The molecule has 2 heteroatoms. The zero-order chi connectivity index (χ0) is 5.11. The summed E-state index contributed by atoms with van der Waals surface area (Å²) in [7, 11) is 0. The van der Waals surface area contributed by atoms with Gasteiger partial charge in [0.1, 0.15) is 0 Å². The molecule has 0 N–H and O–H groups in total. The third-order valence-electron chi connectivity index (χ3n) is 0.902. The first-order valence-corrected chi connectivity index (χ1v) is 3.45. The van der Waals surface area contributed by atoms with Crippen LogP contribution in [-0.2, 0) is 4.79 Å². The molecule has 0 aromatic heterocycles. The average molecular weight is 115 g/mol. The van der Waals surface area contributed by atoms with Crippen molar-refractivity contribution >= 4 is 18.0 Å². The van der Waals surface area contributed by atoms with Crippen molar-refractivity contribution in [2.75, 3.05) is 5.75 Å². The lowest BCUT2D eigenvalue weighted by molar-refractivity contribution is 0.560. The molecule has 1 nitrogen and oxygen atoms in total. The minimum Gasteiger partial charge on any atom is -0.290 e. The maximum atomic E-state index is 9.59. The predicted molar refractivity (Wildman–Crippen MR) is 31.2 cm³/mol. The van der Waals surface area contributed by atoms with E-state index >= 15 is 0 Å². The lowest BCUT2D eigenvalue weighted by Crippen LogP contribution is -1.79. The molecule has 1 aliphatic carbocycles. The lowest BCUT2D eigenvalue weighted by Gasteiger charge is -1.82. The van der Waals surface area contributed by atoms with E-state index in [-0.39, 0.29) is 0 Å². The van der Waals surface area contributed by atoms with Crippen molar-refractivity contribution in [3.63, 3.8) is 0 Å². The minimum atomic E-state index is 0.574. The monoisotopic (exact) mass is 115 g/mol. The van der Waals surface area contributed by atoms with Crippen molar-refractivity contribution in [2.24, 2.45) is 0 Å². The molecule has 39 valence electrons. The van der Waals surface area contributed by atoms with Crippen molar-refractivity contribution in [1.82, 2.24) is 0 Å². The molecule has 1 saturated carbocycles.